The molecule has 1 saturated carbocycles. The van der Waals surface area contributed by atoms with Gasteiger partial charge in [-0.2, -0.15) is 15.0 Å². The Labute approximate surface area is 101 Å². The maximum absolute atomic E-state index is 4.62. The summed E-state index contributed by atoms with van der Waals surface area (Å²) in [6.07, 6.45) is 5.69. The van der Waals surface area contributed by atoms with Crippen molar-refractivity contribution in [2.75, 3.05) is 0 Å². The third-order valence-corrected chi connectivity index (χ3v) is 3.69. The predicted molar refractivity (Wildman–Crippen MR) is 67.5 cm³/mol. The highest BCUT2D eigenvalue weighted by atomic mass is 15.5. The lowest BCUT2D eigenvalue weighted by molar-refractivity contribution is 0.338. The van der Waals surface area contributed by atoms with Crippen LogP contribution in [0.2, 0.25) is 0 Å². The fourth-order valence-corrected chi connectivity index (χ4v) is 2.65. The SMILES string of the molecule is C[C@@H]1CCC[C@@H]1n1ncc(-c2ccccc2)n1. The van der Waals surface area contributed by atoms with Gasteiger partial charge in [0.25, 0.3) is 0 Å². The minimum Gasteiger partial charge on any atom is -0.181 e. The summed E-state index contributed by atoms with van der Waals surface area (Å²) in [5.74, 6) is 0.700. The van der Waals surface area contributed by atoms with Crippen LogP contribution >= 0.6 is 0 Å². The average molecular weight is 227 g/mol. The Morgan fingerprint density at radius 3 is 2.71 bits per heavy atom. The molecule has 0 bridgehead atoms. The van der Waals surface area contributed by atoms with E-state index >= 15 is 0 Å². The first-order valence-corrected chi connectivity index (χ1v) is 6.32. The van der Waals surface area contributed by atoms with Gasteiger partial charge in [-0.15, -0.1) is 0 Å². The van der Waals surface area contributed by atoms with Crippen molar-refractivity contribution < 1.29 is 0 Å². The lowest BCUT2D eigenvalue weighted by atomic mass is 10.1. The summed E-state index contributed by atoms with van der Waals surface area (Å²) in [6, 6.07) is 10.7. The molecule has 1 aliphatic rings. The summed E-state index contributed by atoms with van der Waals surface area (Å²) in [5.41, 5.74) is 2.12. The van der Waals surface area contributed by atoms with Gasteiger partial charge >= 0.3 is 0 Å². The van der Waals surface area contributed by atoms with Gasteiger partial charge in [-0.3, -0.25) is 0 Å². The zero-order valence-electron chi connectivity index (χ0n) is 10.1. The first kappa shape index (κ1) is 10.5. The zero-order valence-corrected chi connectivity index (χ0v) is 10.1. The lowest BCUT2D eigenvalue weighted by Gasteiger charge is -2.13. The average Bonchev–Trinajstić information content (AvgIpc) is 2.98. The van der Waals surface area contributed by atoms with E-state index in [1.54, 1.807) is 0 Å². The number of hydrogen-bond donors (Lipinski definition) is 0. The van der Waals surface area contributed by atoms with E-state index < -0.39 is 0 Å². The number of rotatable bonds is 2. The molecule has 2 atom stereocenters. The van der Waals surface area contributed by atoms with E-state index in [1.807, 2.05) is 29.2 Å². The van der Waals surface area contributed by atoms with Crippen LogP contribution in [0.15, 0.2) is 36.5 Å². The van der Waals surface area contributed by atoms with E-state index in [1.165, 1.54) is 19.3 Å². The fourth-order valence-electron chi connectivity index (χ4n) is 2.65. The van der Waals surface area contributed by atoms with Crippen LogP contribution in [0.5, 0.6) is 0 Å². The van der Waals surface area contributed by atoms with Gasteiger partial charge in [-0.1, -0.05) is 43.7 Å². The second kappa shape index (κ2) is 4.32. The third-order valence-electron chi connectivity index (χ3n) is 3.69. The third kappa shape index (κ3) is 1.97. The molecule has 0 radical (unpaired) electrons. The van der Waals surface area contributed by atoms with Crippen molar-refractivity contribution in [1.29, 1.82) is 0 Å². The molecular weight excluding hydrogens is 210 g/mol. The maximum atomic E-state index is 4.62. The molecule has 1 aromatic carbocycles. The Hall–Kier alpha value is -1.64. The topological polar surface area (TPSA) is 30.7 Å². The molecule has 0 unspecified atom stereocenters. The zero-order chi connectivity index (χ0) is 11.7. The van der Waals surface area contributed by atoms with Crippen molar-refractivity contribution in [3.63, 3.8) is 0 Å². The highest BCUT2D eigenvalue weighted by molar-refractivity contribution is 5.56. The van der Waals surface area contributed by atoms with Crippen LogP contribution in [0.4, 0.5) is 0 Å². The molecule has 3 heteroatoms. The van der Waals surface area contributed by atoms with Crippen LogP contribution in [0.1, 0.15) is 32.2 Å². The van der Waals surface area contributed by atoms with Gasteiger partial charge in [0.05, 0.1) is 12.2 Å². The quantitative estimate of drug-likeness (QED) is 0.788. The van der Waals surface area contributed by atoms with Gasteiger partial charge < -0.3 is 0 Å². The normalized spacial score (nSPS) is 24.1. The molecule has 1 aromatic heterocycles. The van der Waals surface area contributed by atoms with Crippen molar-refractivity contribution in [3.8, 4) is 11.3 Å². The summed E-state index contributed by atoms with van der Waals surface area (Å²) in [7, 11) is 0. The summed E-state index contributed by atoms with van der Waals surface area (Å²) in [6.45, 7) is 2.29. The van der Waals surface area contributed by atoms with Gasteiger partial charge in [-0.25, -0.2) is 0 Å². The largest absolute Gasteiger partial charge is 0.181 e. The summed E-state index contributed by atoms with van der Waals surface area (Å²) in [4.78, 5) is 1.92. The molecular formula is C14H17N3. The maximum Gasteiger partial charge on any atom is 0.113 e. The van der Waals surface area contributed by atoms with Crippen molar-refractivity contribution in [2.45, 2.75) is 32.2 Å². The summed E-state index contributed by atoms with van der Waals surface area (Å²) in [5, 5.41) is 9.05. The Kier molecular flexibility index (Phi) is 2.67. The van der Waals surface area contributed by atoms with E-state index in [-0.39, 0.29) is 0 Å². The van der Waals surface area contributed by atoms with E-state index in [9.17, 15) is 0 Å². The van der Waals surface area contributed by atoms with Crippen LogP contribution in [-0.2, 0) is 0 Å². The van der Waals surface area contributed by atoms with E-state index in [2.05, 4.69) is 29.3 Å². The molecule has 17 heavy (non-hydrogen) atoms. The van der Waals surface area contributed by atoms with Crippen LogP contribution in [0, 0.1) is 5.92 Å². The Morgan fingerprint density at radius 1 is 1.18 bits per heavy atom. The lowest BCUT2D eigenvalue weighted by Crippen LogP contribution is -2.14. The summed E-state index contributed by atoms with van der Waals surface area (Å²) < 4.78 is 0. The van der Waals surface area contributed by atoms with Crippen LogP contribution in [0.3, 0.4) is 0 Å². The van der Waals surface area contributed by atoms with Crippen molar-refractivity contribution >= 4 is 0 Å². The minimum atomic E-state index is 0.493. The van der Waals surface area contributed by atoms with Crippen LogP contribution < -0.4 is 0 Å². The van der Waals surface area contributed by atoms with Crippen molar-refractivity contribution in [3.05, 3.63) is 36.5 Å². The fraction of sp³-hybridized carbons (Fsp3) is 0.429. The molecule has 0 saturated heterocycles. The smallest absolute Gasteiger partial charge is 0.113 e. The predicted octanol–water partition coefficient (Wildman–Crippen LogP) is 3.31. The standard InChI is InChI=1S/C14H17N3/c1-11-6-5-9-14(11)17-15-10-13(16-17)12-7-3-2-4-8-12/h2-4,7-8,10-11,14H,5-6,9H2,1H3/t11-,14+/m1/s1. The van der Waals surface area contributed by atoms with Gasteiger partial charge in [0.2, 0.25) is 0 Å². The number of nitrogens with zero attached hydrogens (tertiary/aromatic N) is 3. The molecule has 1 aliphatic carbocycles. The molecule has 1 fully saturated rings. The van der Waals surface area contributed by atoms with Crippen LogP contribution in [-0.4, -0.2) is 15.0 Å². The Balaban J connectivity index is 1.88. The first-order chi connectivity index (χ1) is 8.34. The van der Waals surface area contributed by atoms with E-state index in [0.29, 0.717) is 12.0 Å². The van der Waals surface area contributed by atoms with Gasteiger partial charge in [0.1, 0.15) is 5.69 Å². The van der Waals surface area contributed by atoms with E-state index in [0.717, 1.165) is 11.3 Å². The van der Waals surface area contributed by atoms with Crippen molar-refractivity contribution in [1.82, 2.24) is 15.0 Å². The van der Waals surface area contributed by atoms with Crippen LogP contribution in [0.25, 0.3) is 11.3 Å². The number of aromatic nitrogens is 3. The highest BCUT2D eigenvalue weighted by Gasteiger charge is 2.26. The molecule has 3 nitrogen and oxygen atoms in total. The molecule has 0 amide bonds. The Bertz CT molecular complexity index is 489. The van der Waals surface area contributed by atoms with Crippen molar-refractivity contribution in [2.24, 2.45) is 5.92 Å². The van der Waals surface area contributed by atoms with Gasteiger partial charge in [0.15, 0.2) is 0 Å². The molecule has 1 heterocycles. The monoisotopic (exact) mass is 227 g/mol. The molecule has 0 aliphatic heterocycles. The molecule has 0 N–H and O–H groups in total. The number of benzene rings is 1. The molecule has 88 valence electrons. The number of hydrogen-bond acceptors (Lipinski definition) is 2. The van der Waals surface area contributed by atoms with Gasteiger partial charge in [0, 0.05) is 5.56 Å². The van der Waals surface area contributed by atoms with Gasteiger partial charge in [-0.05, 0) is 18.8 Å². The molecule has 0 spiro atoms. The Morgan fingerprint density at radius 2 is 2.00 bits per heavy atom. The summed E-state index contributed by atoms with van der Waals surface area (Å²) >= 11 is 0. The second-order valence-electron chi connectivity index (χ2n) is 4.89. The van der Waals surface area contributed by atoms with E-state index in [4.69, 9.17) is 0 Å². The molecule has 3 rings (SSSR count). The second-order valence-corrected chi connectivity index (χ2v) is 4.89. The molecule has 2 aromatic rings. The first-order valence-electron chi connectivity index (χ1n) is 6.32. The minimum absolute atomic E-state index is 0.493. The highest BCUT2D eigenvalue weighted by Crippen LogP contribution is 2.34.